The van der Waals surface area contributed by atoms with Crippen molar-refractivity contribution < 1.29 is 0 Å². The molecule has 2 unspecified atom stereocenters. The molecule has 0 spiro atoms. The van der Waals surface area contributed by atoms with Crippen LogP contribution >= 0.6 is 0 Å². The van der Waals surface area contributed by atoms with E-state index in [9.17, 15) is 0 Å². The topological polar surface area (TPSA) is 15.3 Å². The second-order valence-electron chi connectivity index (χ2n) is 6.65. The molecule has 1 saturated carbocycles. The first kappa shape index (κ1) is 13.9. The van der Waals surface area contributed by atoms with E-state index >= 15 is 0 Å². The Labute approximate surface area is 123 Å². The van der Waals surface area contributed by atoms with E-state index in [2.05, 4.69) is 48.3 Å². The zero-order chi connectivity index (χ0) is 13.9. The molecule has 3 rings (SSSR count). The largest absolute Gasteiger partial charge is 0.381 e. The minimum Gasteiger partial charge on any atom is -0.381 e. The summed E-state index contributed by atoms with van der Waals surface area (Å²) in [6.07, 6.45) is 7.91. The first-order chi connectivity index (χ1) is 9.76. The molecule has 2 fully saturated rings. The van der Waals surface area contributed by atoms with Crippen LogP contribution < -0.4 is 5.32 Å². The van der Waals surface area contributed by atoms with Gasteiger partial charge in [-0.1, -0.05) is 25.5 Å². The SMILES string of the molecule is CCCCc1ccc(NC2CC(C)N(C3CC3)C2)cc1. The van der Waals surface area contributed by atoms with E-state index in [4.69, 9.17) is 0 Å². The lowest BCUT2D eigenvalue weighted by Crippen LogP contribution is -2.30. The van der Waals surface area contributed by atoms with Crippen molar-refractivity contribution in [2.45, 2.75) is 70.5 Å². The molecule has 0 amide bonds. The summed E-state index contributed by atoms with van der Waals surface area (Å²) in [5, 5.41) is 3.73. The number of rotatable bonds is 6. The quantitative estimate of drug-likeness (QED) is 0.840. The van der Waals surface area contributed by atoms with Crippen LogP contribution in [0, 0.1) is 0 Å². The zero-order valence-electron chi connectivity index (χ0n) is 12.9. The summed E-state index contributed by atoms with van der Waals surface area (Å²) in [7, 11) is 0. The van der Waals surface area contributed by atoms with Crippen molar-refractivity contribution >= 4 is 5.69 Å². The van der Waals surface area contributed by atoms with Crippen LogP contribution in [0.25, 0.3) is 0 Å². The number of hydrogen-bond donors (Lipinski definition) is 1. The fraction of sp³-hybridized carbons (Fsp3) is 0.667. The van der Waals surface area contributed by atoms with E-state index in [1.165, 1.54) is 56.3 Å². The highest BCUT2D eigenvalue weighted by Crippen LogP contribution is 2.34. The van der Waals surface area contributed by atoms with Gasteiger partial charge in [0.15, 0.2) is 0 Å². The zero-order valence-corrected chi connectivity index (χ0v) is 12.9. The third kappa shape index (κ3) is 3.35. The van der Waals surface area contributed by atoms with Gasteiger partial charge in [-0.3, -0.25) is 4.90 Å². The predicted octanol–water partition coefficient (Wildman–Crippen LogP) is 4.07. The Morgan fingerprint density at radius 3 is 2.60 bits per heavy atom. The van der Waals surface area contributed by atoms with Gasteiger partial charge in [0.05, 0.1) is 0 Å². The third-order valence-electron chi connectivity index (χ3n) is 4.78. The summed E-state index contributed by atoms with van der Waals surface area (Å²) in [4.78, 5) is 2.70. The number of hydrogen-bond acceptors (Lipinski definition) is 2. The van der Waals surface area contributed by atoms with Gasteiger partial charge >= 0.3 is 0 Å². The molecule has 0 aromatic heterocycles. The Morgan fingerprint density at radius 1 is 1.20 bits per heavy atom. The standard InChI is InChI=1S/C18H28N2/c1-3-4-5-15-6-8-16(9-7-15)19-17-12-14(2)20(13-17)18-10-11-18/h6-9,14,17-19H,3-5,10-13H2,1-2H3. The maximum Gasteiger partial charge on any atom is 0.0403 e. The lowest BCUT2D eigenvalue weighted by molar-refractivity contribution is 0.257. The lowest BCUT2D eigenvalue weighted by atomic mass is 10.1. The first-order valence-corrected chi connectivity index (χ1v) is 8.37. The summed E-state index contributed by atoms with van der Waals surface area (Å²) in [6, 6.07) is 11.4. The lowest BCUT2D eigenvalue weighted by Gasteiger charge is -2.20. The van der Waals surface area contributed by atoms with E-state index in [1.54, 1.807) is 0 Å². The van der Waals surface area contributed by atoms with Gasteiger partial charge in [0.2, 0.25) is 0 Å². The number of nitrogens with one attached hydrogen (secondary N) is 1. The molecule has 2 aliphatic rings. The molecule has 1 aliphatic carbocycles. The fourth-order valence-electron chi connectivity index (χ4n) is 3.46. The predicted molar refractivity (Wildman–Crippen MR) is 86.3 cm³/mol. The Morgan fingerprint density at radius 2 is 1.95 bits per heavy atom. The summed E-state index contributed by atoms with van der Waals surface area (Å²) in [5.41, 5.74) is 2.76. The summed E-state index contributed by atoms with van der Waals surface area (Å²) < 4.78 is 0. The van der Waals surface area contributed by atoms with Crippen LogP contribution in [-0.4, -0.2) is 29.6 Å². The minimum absolute atomic E-state index is 0.632. The molecule has 20 heavy (non-hydrogen) atoms. The van der Waals surface area contributed by atoms with E-state index in [0.29, 0.717) is 6.04 Å². The molecule has 1 heterocycles. The molecule has 1 saturated heterocycles. The number of benzene rings is 1. The van der Waals surface area contributed by atoms with Crippen molar-refractivity contribution in [1.29, 1.82) is 0 Å². The van der Waals surface area contributed by atoms with Gasteiger partial charge in [0.1, 0.15) is 0 Å². The highest BCUT2D eigenvalue weighted by atomic mass is 15.3. The van der Waals surface area contributed by atoms with Crippen LogP contribution in [0.2, 0.25) is 0 Å². The highest BCUT2D eigenvalue weighted by Gasteiger charge is 2.38. The highest BCUT2D eigenvalue weighted by molar-refractivity contribution is 5.45. The van der Waals surface area contributed by atoms with Gasteiger partial charge in [-0.05, 0) is 56.7 Å². The Balaban J connectivity index is 1.52. The van der Waals surface area contributed by atoms with Crippen molar-refractivity contribution in [2.24, 2.45) is 0 Å². The van der Waals surface area contributed by atoms with Gasteiger partial charge in [-0.25, -0.2) is 0 Å². The molecule has 0 bridgehead atoms. The molecule has 2 nitrogen and oxygen atoms in total. The Hall–Kier alpha value is -1.02. The van der Waals surface area contributed by atoms with Crippen LogP contribution in [0.15, 0.2) is 24.3 Å². The Kier molecular flexibility index (Phi) is 4.30. The van der Waals surface area contributed by atoms with E-state index in [1.807, 2.05) is 0 Å². The number of unbranched alkanes of at least 4 members (excludes halogenated alkanes) is 1. The molecule has 2 atom stereocenters. The first-order valence-electron chi connectivity index (χ1n) is 8.37. The normalized spacial score (nSPS) is 26.9. The number of anilines is 1. The Bertz CT molecular complexity index is 422. The van der Waals surface area contributed by atoms with Gasteiger partial charge in [0.25, 0.3) is 0 Å². The average molecular weight is 272 g/mol. The van der Waals surface area contributed by atoms with Crippen LogP contribution in [-0.2, 0) is 6.42 Å². The van der Waals surface area contributed by atoms with Crippen LogP contribution in [0.4, 0.5) is 5.69 Å². The van der Waals surface area contributed by atoms with Crippen molar-refractivity contribution in [3.05, 3.63) is 29.8 Å². The smallest absolute Gasteiger partial charge is 0.0403 e. The summed E-state index contributed by atoms with van der Waals surface area (Å²) in [6.45, 7) is 5.86. The van der Waals surface area contributed by atoms with Gasteiger partial charge in [-0.15, -0.1) is 0 Å². The van der Waals surface area contributed by atoms with E-state index in [-0.39, 0.29) is 0 Å². The molecule has 1 N–H and O–H groups in total. The maximum absolute atomic E-state index is 3.73. The number of likely N-dealkylation sites (tertiary alicyclic amines) is 1. The van der Waals surface area contributed by atoms with Crippen molar-refractivity contribution in [3.8, 4) is 0 Å². The molecule has 2 heteroatoms. The van der Waals surface area contributed by atoms with Gasteiger partial charge < -0.3 is 5.32 Å². The number of aryl methyl sites for hydroxylation is 1. The monoisotopic (exact) mass is 272 g/mol. The second-order valence-corrected chi connectivity index (χ2v) is 6.65. The fourth-order valence-corrected chi connectivity index (χ4v) is 3.46. The van der Waals surface area contributed by atoms with Crippen molar-refractivity contribution in [2.75, 3.05) is 11.9 Å². The molecule has 110 valence electrons. The van der Waals surface area contributed by atoms with Crippen LogP contribution in [0.1, 0.15) is 51.5 Å². The van der Waals surface area contributed by atoms with Gasteiger partial charge in [0, 0.05) is 30.4 Å². The minimum atomic E-state index is 0.632. The van der Waals surface area contributed by atoms with Gasteiger partial charge in [-0.2, -0.15) is 0 Å². The molecule has 0 radical (unpaired) electrons. The third-order valence-corrected chi connectivity index (χ3v) is 4.78. The van der Waals surface area contributed by atoms with Crippen molar-refractivity contribution in [3.63, 3.8) is 0 Å². The number of nitrogens with zero attached hydrogens (tertiary/aromatic N) is 1. The van der Waals surface area contributed by atoms with E-state index in [0.717, 1.165) is 12.1 Å². The molecule has 1 aromatic rings. The van der Waals surface area contributed by atoms with Crippen molar-refractivity contribution in [1.82, 2.24) is 4.90 Å². The molecular formula is C18H28N2. The summed E-state index contributed by atoms with van der Waals surface area (Å²) >= 11 is 0. The maximum atomic E-state index is 3.73. The van der Waals surface area contributed by atoms with E-state index < -0.39 is 0 Å². The molecule has 1 aliphatic heterocycles. The second kappa shape index (κ2) is 6.17. The molecule has 1 aromatic carbocycles. The van der Waals surface area contributed by atoms with Crippen LogP contribution in [0.3, 0.4) is 0 Å². The molecular weight excluding hydrogens is 244 g/mol. The summed E-state index contributed by atoms with van der Waals surface area (Å²) in [5.74, 6) is 0. The average Bonchev–Trinajstić information content (AvgIpc) is 3.23. The van der Waals surface area contributed by atoms with Crippen LogP contribution in [0.5, 0.6) is 0 Å².